The second-order valence-electron chi connectivity index (χ2n) is 5.50. The highest BCUT2D eigenvalue weighted by Crippen LogP contribution is 2.19. The fourth-order valence-corrected chi connectivity index (χ4v) is 2.52. The van der Waals surface area contributed by atoms with Gasteiger partial charge in [-0.1, -0.05) is 13.3 Å². The molecule has 0 radical (unpaired) electrons. The number of carboxylic acid groups (broad SMARTS) is 1. The normalized spacial score (nSPS) is 20.9. The van der Waals surface area contributed by atoms with Gasteiger partial charge < -0.3 is 15.3 Å². The van der Waals surface area contributed by atoms with E-state index in [2.05, 4.69) is 12.2 Å². The quantitative estimate of drug-likeness (QED) is 0.779. The lowest BCUT2D eigenvalue weighted by molar-refractivity contribution is -0.137. The van der Waals surface area contributed by atoms with Crippen molar-refractivity contribution in [2.24, 2.45) is 5.92 Å². The number of piperidine rings is 1. The molecule has 5 heteroatoms. The van der Waals surface area contributed by atoms with Crippen molar-refractivity contribution in [3.05, 3.63) is 0 Å². The van der Waals surface area contributed by atoms with Gasteiger partial charge in [-0.25, -0.2) is 4.79 Å². The Kier molecular flexibility index (Phi) is 6.67. The first-order valence-corrected chi connectivity index (χ1v) is 7.30. The number of carbonyl (C=O) groups is 2. The summed E-state index contributed by atoms with van der Waals surface area (Å²) in [5.74, 6) is -0.151. The molecule has 5 nitrogen and oxygen atoms in total. The maximum Gasteiger partial charge on any atom is 0.317 e. The molecule has 1 rings (SSSR count). The summed E-state index contributed by atoms with van der Waals surface area (Å²) in [7, 11) is 0. The van der Waals surface area contributed by atoms with E-state index >= 15 is 0 Å². The van der Waals surface area contributed by atoms with Gasteiger partial charge in [0.15, 0.2) is 0 Å². The summed E-state index contributed by atoms with van der Waals surface area (Å²) >= 11 is 0. The molecule has 2 amide bonds. The lowest BCUT2D eigenvalue weighted by Gasteiger charge is -2.33. The number of nitrogens with one attached hydrogen (secondary N) is 1. The number of nitrogens with zero attached hydrogens (tertiary/aromatic N) is 1. The number of urea groups is 1. The van der Waals surface area contributed by atoms with Crippen LogP contribution in [0.4, 0.5) is 4.79 Å². The maximum absolute atomic E-state index is 12.1. The molecule has 0 saturated carbocycles. The minimum absolute atomic E-state index is 0.000903. The highest BCUT2D eigenvalue weighted by Gasteiger charge is 2.23. The summed E-state index contributed by atoms with van der Waals surface area (Å²) in [6.07, 6.45) is 4.91. The van der Waals surface area contributed by atoms with Gasteiger partial charge in [0, 0.05) is 25.6 Å². The summed E-state index contributed by atoms with van der Waals surface area (Å²) in [5, 5.41) is 11.5. The van der Waals surface area contributed by atoms with E-state index in [1.807, 2.05) is 11.8 Å². The van der Waals surface area contributed by atoms with Crippen LogP contribution in [0, 0.1) is 5.92 Å². The first kappa shape index (κ1) is 15.8. The van der Waals surface area contributed by atoms with Gasteiger partial charge in [0.25, 0.3) is 0 Å². The molecule has 0 bridgehead atoms. The monoisotopic (exact) mass is 270 g/mol. The third kappa shape index (κ3) is 5.94. The molecule has 2 N–H and O–H groups in total. The van der Waals surface area contributed by atoms with Crippen LogP contribution in [0.15, 0.2) is 0 Å². The van der Waals surface area contributed by atoms with Crippen LogP contribution in [-0.2, 0) is 4.79 Å². The van der Waals surface area contributed by atoms with Crippen LogP contribution in [-0.4, -0.2) is 41.1 Å². The Labute approximate surface area is 115 Å². The average Bonchev–Trinajstić information content (AvgIpc) is 2.38. The van der Waals surface area contributed by atoms with Gasteiger partial charge in [0.2, 0.25) is 0 Å². The van der Waals surface area contributed by atoms with Crippen molar-refractivity contribution < 1.29 is 14.7 Å². The second kappa shape index (κ2) is 8.02. The second-order valence-corrected chi connectivity index (χ2v) is 5.50. The number of amides is 2. The number of carbonyl (C=O) groups excluding carboxylic acids is 1. The molecule has 0 aliphatic carbocycles. The van der Waals surface area contributed by atoms with Crippen molar-refractivity contribution in [2.45, 2.75) is 58.4 Å². The Morgan fingerprint density at radius 3 is 2.84 bits per heavy atom. The molecule has 0 aromatic carbocycles. The highest BCUT2D eigenvalue weighted by molar-refractivity contribution is 5.74. The Balaban J connectivity index is 2.27. The van der Waals surface area contributed by atoms with Gasteiger partial charge in [-0.2, -0.15) is 0 Å². The van der Waals surface area contributed by atoms with E-state index in [0.717, 1.165) is 25.9 Å². The minimum atomic E-state index is -0.777. The average molecular weight is 270 g/mol. The van der Waals surface area contributed by atoms with Crippen LogP contribution in [0.1, 0.15) is 52.4 Å². The number of likely N-dealkylation sites (tertiary alicyclic amines) is 1. The zero-order valence-electron chi connectivity index (χ0n) is 12.0. The van der Waals surface area contributed by atoms with E-state index in [4.69, 9.17) is 5.11 Å². The van der Waals surface area contributed by atoms with Crippen LogP contribution in [0.5, 0.6) is 0 Å². The molecule has 1 fully saturated rings. The van der Waals surface area contributed by atoms with Crippen LogP contribution >= 0.6 is 0 Å². The highest BCUT2D eigenvalue weighted by atomic mass is 16.4. The summed E-state index contributed by atoms with van der Waals surface area (Å²) in [6, 6.07) is 0.0369. The Hall–Kier alpha value is -1.26. The van der Waals surface area contributed by atoms with Crippen molar-refractivity contribution in [2.75, 3.05) is 13.1 Å². The third-order valence-corrected chi connectivity index (χ3v) is 3.78. The molecule has 1 aliphatic heterocycles. The molecule has 0 aromatic heterocycles. The van der Waals surface area contributed by atoms with Crippen molar-refractivity contribution in [3.8, 4) is 0 Å². The van der Waals surface area contributed by atoms with E-state index < -0.39 is 5.97 Å². The molecule has 2 atom stereocenters. The van der Waals surface area contributed by atoms with Gasteiger partial charge >= 0.3 is 12.0 Å². The number of rotatable bonds is 6. The van der Waals surface area contributed by atoms with E-state index in [1.54, 1.807) is 0 Å². The SMILES string of the molecule is CCC1CCCN(C(=O)NC(C)CCCC(=O)O)C1. The van der Waals surface area contributed by atoms with E-state index in [1.165, 1.54) is 6.42 Å². The van der Waals surface area contributed by atoms with Crippen molar-refractivity contribution in [3.63, 3.8) is 0 Å². The number of hydrogen-bond donors (Lipinski definition) is 2. The number of aliphatic carboxylic acids is 1. The fourth-order valence-electron chi connectivity index (χ4n) is 2.52. The van der Waals surface area contributed by atoms with E-state index in [9.17, 15) is 9.59 Å². The zero-order chi connectivity index (χ0) is 14.3. The molecule has 0 aromatic rings. The van der Waals surface area contributed by atoms with E-state index in [-0.39, 0.29) is 18.5 Å². The molecular weight excluding hydrogens is 244 g/mol. The Bertz CT molecular complexity index is 307. The summed E-state index contributed by atoms with van der Waals surface area (Å²) in [4.78, 5) is 24.4. The van der Waals surface area contributed by atoms with Gasteiger partial charge in [-0.3, -0.25) is 4.79 Å². The topological polar surface area (TPSA) is 69.6 Å². The van der Waals surface area contributed by atoms with E-state index in [0.29, 0.717) is 18.8 Å². The molecule has 110 valence electrons. The predicted octanol–water partition coefficient (Wildman–Crippen LogP) is 2.46. The van der Waals surface area contributed by atoms with Gasteiger partial charge in [-0.05, 0) is 38.5 Å². The fraction of sp³-hybridized carbons (Fsp3) is 0.857. The van der Waals surface area contributed by atoms with Gasteiger partial charge in [-0.15, -0.1) is 0 Å². The Morgan fingerprint density at radius 1 is 1.47 bits per heavy atom. The van der Waals surface area contributed by atoms with Crippen molar-refractivity contribution in [1.29, 1.82) is 0 Å². The van der Waals surface area contributed by atoms with Gasteiger partial charge in [0.1, 0.15) is 0 Å². The largest absolute Gasteiger partial charge is 0.481 e. The summed E-state index contributed by atoms with van der Waals surface area (Å²) in [6.45, 7) is 5.79. The predicted molar refractivity (Wildman–Crippen MR) is 74.1 cm³/mol. The molecule has 0 spiro atoms. The first-order chi connectivity index (χ1) is 9.02. The zero-order valence-corrected chi connectivity index (χ0v) is 12.0. The summed E-state index contributed by atoms with van der Waals surface area (Å²) < 4.78 is 0. The van der Waals surface area contributed by atoms with Crippen molar-refractivity contribution in [1.82, 2.24) is 10.2 Å². The van der Waals surface area contributed by atoms with Crippen LogP contribution < -0.4 is 5.32 Å². The smallest absolute Gasteiger partial charge is 0.317 e. The molecule has 1 saturated heterocycles. The van der Waals surface area contributed by atoms with Crippen molar-refractivity contribution >= 4 is 12.0 Å². The number of carboxylic acids is 1. The molecule has 2 unspecified atom stereocenters. The Morgan fingerprint density at radius 2 is 2.21 bits per heavy atom. The molecule has 19 heavy (non-hydrogen) atoms. The number of hydrogen-bond acceptors (Lipinski definition) is 2. The lowest BCUT2D eigenvalue weighted by Crippen LogP contribution is -2.48. The molecular formula is C14H26N2O3. The van der Waals surface area contributed by atoms with Gasteiger partial charge in [0.05, 0.1) is 0 Å². The molecule has 1 heterocycles. The molecule has 1 aliphatic rings. The van der Waals surface area contributed by atoms with Crippen LogP contribution in [0.2, 0.25) is 0 Å². The first-order valence-electron chi connectivity index (χ1n) is 7.30. The standard InChI is InChI=1S/C14H26N2O3/c1-3-12-7-5-9-16(10-12)14(19)15-11(2)6-4-8-13(17)18/h11-12H,3-10H2,1-2H3,(H,15,19)(H,17,18). The van der Waals surface area contributed by atoms with Crippen LogP contribution in [0.25, 0.3) is 0 Å². The third-order valence-electron chi connectivity index (χ3n) is 3.78. The minimum Gasteiger partial charge on any atom is -0.481 e. The van der Waals surface area contributed by atoms with Crippen LogP contribution in [0.3, 0.4) is 0 Å². The summed E-state index contributed by atoms with van der Waals surface area (Å²) in [5.41, 5.74) is 0. The maximum atomic E-state index is 12.1. The lowest BCUT2D eigenvalue weighted by atomic mass is 9.96.